The van der Waals surface area contributed by atoms with Crippen LogP contribution in [0.2, 0.25) is 0 Å². The molecule has 4 aromatic carbocycles. The van der Waals surface area contributed by atoms with Crippen LogP contribution in [-0.4, -0.2) is 0 Å². The van der Waals surface area contributed by atoms with Gasteiger partial charge in [-0.2, -0.15) is 0 Å². The first-order valence-electron chi connectivity index (χ1n) is 8.68. The van der Waals surface area contributed by atoms with Crippen molar-refractivity contribution in [3.05, 3.63) is 122 Å². The van der Waals surface area contributed by atoms with Gasteiger partial charge in [0.05, 0.1) is 6.42 Å². The lowest BCUT2D eigenvalue weighted by Gasteiger charge is -2.13. The molecule has 0 nitrogen and oxygen atoms in total. The van der Waals surface area contributed by atoms with Gasteiger partial charge in [0.15, 0.2) is 0 Å². The highest BCUT2D eigenvalue weighted by Crippen LogP contribution is 2.32. The van der Waals surface area contributed by atoms with Gasteiger partial charge in [0.1, 0.15) is 0 Å². The van der Waals surface area contributed by atoms with Crippen molar-refractivity contribution in [1.29, 1.82) is 0 Å². The predicted octanol–water partition coefficient (Wildman–Crippen LogP) is 7.71. The molecule has 0 aliphatic heterocycles. The second-order valence-electron chi connectivity index (χ2n) is 6.24. The summed E-state index contributed by atoms with van der Waals surface area (Å²) in [6, 6.07) is 34.1. The number of halogens is 2. The SMILES string of the molecule is Ic1cccc(-c2ccccc2[C]c2ccccc2-c2cccc(I)c2)c1. The Labute approximate surface area is 187 Å². The molecule has 0 unspecified atom stereocenters. The third kappa shape index (κ3) is 4.43. The van der Waals surface area contributed by atoms with Crippen LogP contribution in [0.4, 0.5) is 0 Å². The van der Waals surface area contributed by atoms with Gasteiger partial charge in [0.2, 0.25) is 0 Å². The normalized spacial score (nSPS) is 10.7. The van der Waals surface area contributed by atoms with E-state index < -0.39 is 0 Å². The maximum atomic E-state index is 3.67. The van der Waals surface area contributed by atoms with Crippen LogP contribution < -0.4 is 0 Å². The summed E-state index contributed by atoms with van der Waals surface area (Å²) in [5, 5.41) is 0. The van der Waals surface area contributed by atoms with E-state index in [2.05, 4.69) is 149 Å². The Balaban J connectivity index is 1.77. The first-order chi connectivity index (χ1) is 13.2. The van der Waals surface area contributed by atoms with Gasteiger partial charge < -0.3 is 0 Å². The second kappa shape index (κ2) is 8.57. The summed E-state index contributed by atoms with van der Waals surface area (Å²) >= 11 is 4.72. The Morgan fingerprint density at radius 1 is 0.481 bits per heavy atom. The van der Waals surface area contributed by atoms with Gasteiger partial charge in [-0.25, -0.2) is 0 Å². The van der Waals surface area contributed by atoms with Crippen molar-refractivity contribution in [3.8, 4) is 22.3 Å². The zero-order chi connectivity index (χ0) is 18.6. The molecule has 0 heterocycles. The zero-order valence-corrected chi connectivity index (χ0v) is 18.8. The summed E-state index contributed by atoms with van der Waals surface area (Å²) in [5.41, 5.74) is 7.06. The van der Waals surface area contributed by atoms with Crippen LogP contribution in [0.25, 0.3) is 22.3 Å². The number of hydrogen-bond donors (Lipinski definition) is 0. The lowest BCUT2D eigenvalue weighted by Crippen LogP contribution is -1.93. The molecule has 0 aliphatic carbocycles. The third-order valence-electron chi connectivity index (χ3n) is 4.39. The molecule has 130 valence electrons. The molecular formula is C25H16I2. The molecule has 27 heavy (non-hydrogen) atoms. The molecule has 0 bridgehead atoms. The first-order valence-corrected chi connectivity index (χ1v) is 10.8. The molecular weight excluding hydrogens is 554 g/mol. The van der Waals surface area contributed by atoms with Crippen LogP contribution in [0, 0.1) is 13.6 Å². The quantitative estimate of drug-likeness (QED) is 0.221. The molecule has 0 atom stereocenters. The van der Waals surface area contributed by atoms with Crippen molar-refractivity contribution in [1.82, 2.24) is 0 Å². The van der Waals surface area contributed by atoms with E-state index in [1.165, 1.54) is 29.4 Å². The van der Waals surface area contributed by atoms with Crippen molar-refractivity contribution in [3.63, 3.8) is 0 Å². The average molecular weight is 570 g/mol. The summed E-state index contributed by atoms with van der Waals surface area (Å²) in [6.07, 6.45) is 3.67. The maximum Gasteiger partial charge on any atom is 0.0514 e. The molecule has 0 saturated heterocycles. The minimum Gasteiger partial charge on any atom is -0.0619 e. The molecule has 0 amide bonds. The van der Waals surface area contributed by atoms with Crippen LogP contribution in [0.5, 0.6) is 0 Å². The summed E-state index contributed by atoms with van der Waals surface area (Å²) in [4.78, 5) is 0. The van der Waals surface area contributed by atoms with Gasteiger partial charge in [-0.05, 0) is 103 Å². The van der Waals surface area contributed by atoms with E-state index in [0.717, 1.165) is 11.1 Å². The summed E-state index contributed by atoms with van der Waals surface area (Å²) in [7, 11) is 0. The van der Waals surface area contributed by atoms with Crippen LogP contribution in [-0.2, 0) is 0 Å². The predicted molar refractivity (Wildman–Crippen MR) is 131 cm³/mol. The molecule has 2 heteroatoms. The Morgan fingerprint density at radius 2 is 0.926 bits per heavy atom. The first kappa shape index (κ1) is 18.7. The van der Waals surface area contributed by atoms with Crippen molar-refractivity contribution in [2.24, 2.45) is 0 Å². The molecule has 0 fully saturated rings. The van der Waals surface area contributed by atoms with Gasteiger partial charge in [0, 0.05) is 7.14 Å². The van der Waals surface area contributed by atoms with E-state index in [0.29, 0.717) is 0 Å². The Kier molecular flexibility index (Phi) is 5.93. The summed E-state index contributed by atoms with van der Waals surface area (Å²) in [5.74, 6) is 0. The van der Waals surface area contributed by atoms with E-state index in [1.807, 2.05) is 0 Å². The van der Waals surface area contributed by atoms with Gasteiger partial charge in [-0.1, -0.05) is 72.8 Å². The minimum atomic E-state index is 1.11. The van der Waals surface area contributed by atoms with Gasteiger partial charge >= 0.3 is 0 Å². The molecule has 0 aliphatic rings. The molecule has 2 radical (unpaired) electrons. The third-order valence-corrected chi connectivity index (χ3v) is 5.74. The highest BCUT2D eigenvalue weighted by atomic mass is 127. The lowest BCUT2D eigenvalue weighted by atomic mass is 9.91. The monoisotopic (exact) mass is 570 g/mol. The maximum absolute atomic E-state index is 3.67. The highest BCUT2D eigenvalue weighted by molar-refractivity contribution is 14.1. The smallest absolute Gasteiger partial charge is 0.0514 e. The second-order valence-corrected chi connectivity index (χ2v) is 8.73. The number of benzene rings is 4. The summed E-state index contributed by atoms with van der Waals surface area (Å²) in [6.45, 7) is 0. The Bertz CT molecular complexity index is 996. The van der Waals surface area contributed by atoms with E-state index in [1.54, 1.807) is 0 Å². The number of hydrogen-bond acceptors (Lipinski definition) is 0. The molecule has 4 aromatic rings. The highest BCUT2D eigenvalue weighted by Gasteiger charge is 2.11. The van der Waals surface area contributed by atoms with Crippen LogP contribution in [0.3, 0.4) is 0 Å². The van der Waals surface area contributed by atoms with E-state index in [-0.39, 0.29) is 0 Å². The fourth-order valence-electron chi connectivity index (χ4n) is 3.14. The fourth-order valence-corrected chi connectivity index (χ4v) is 4.23. The van der Waals surface area contributed by atoms with Gasteiger partial charge in [-0.3, -0.25) is 0 Å². The average Bonchev–Trinajstić information content (AvgIpc) is 2.69. The van der Waals surface area contributed by atoms with Crippen molar-refractivity contribution in [2.45, 2.75) is 0 Å². The van der Waals surface area contributed by atoms with E-state index >= 15 is 0 Å². The van der Waals surface area contributed by atoms with Crippen molar-refractivity contribution < 1.29 is 0 Å². The van der Waals surface area contributed by atoms with Crippen molar-refractivity contribution in [2.75, 3.05) is 0 Å². The van der Waals surface area contributed by atoms with Gasteiger partial charge in [-0.15, -0.1) is 0 Å². The Hall–Kier alpha value is -1.66. The fraction of sp³-hybridized carbons (Fsp3) is 0. The molecule has 0 saturated carbocycles. The number of rotatable bonds is 4. The molecule has 0 N–H and O–H groups in total. The van der Waals surface area contributed by atoms with Crippen molar-refractivity contribution >= 4 is 45.2 Å². The van der Waals surface area contributed by atoms with Crippen LogP contribution >= 0.6 is 45.2 Å². The van der Waals surface area contributed by atoms with Gasteiger partial charge in [0.25, 0.3) is 0 Å². The van der Waals surface area contributed by atoms with Crippen LogP contribution in [0.15, 0.2) is 97.1 Å². The standard InChI is InChI=1S/C25H16I2/c26-22-11-5-9-20(16-22)24-13-3-1-7-18(24)15-19-8-2-4-14-25(19)21-10-6-12-23(27)17-21/h1-14,16-17H. The zero-order valence-electron chi connectivity index (χ0n) is 14.5. The molecule has 4 rings (SSSR count). The largest absolute Gasteiger partial charge is 0.0619 e. The van der Waals surface area contributed by atoms with Crippen LogP contribution in [0.1, 0.15) is 11.1 Å². The lowest BCUT2D eigenvalue weighted by molar-refractivity contribution is 1.42. The topological polar surface area (TPSA) is 0 Å². The van der Waals surface area contributed by atoms with E-state index in [9.17, 15) is 0 Å². The molecule has 0 aromatic heterocycles. The molecule has 0 spiro atoms. The Morgan fingerprint density at radius 3 is 1.37 bits per heavy atom. The van der Waals surface area contributed by atoms with E-state index in [4.69, 9.17) is 0 Å². The minimum absolute atomic E-state index is 1.11. The summed E-state index contributed by atoms with van der Waals surface area (Å²) < 4.78 is 2.47.